The van der Waals surface area contributed by atoms with Gasteiger partial charge in [-0.25, -0.2) is 0 Å². The van der Waals surface area contributed by atoms with E-state index in [-0.39, 0.29) is 11.9 Å². The molecule has 2 aliphatic rings. The molecule has 0 aromatic heterocycles. The number of anilines is 1. The fraction of sp³-hybridized carbons (Fsp3) is 0.650. The first-order valence-electron chi connectivity index (χ1n) is 9.72. The number of amides is 1. The van der Waals surface area contributed by atoms with E-state index in [1.165, 1.54) is 12.8 Å². The molecule has 0 bridgehead atoms. The zero-order valence-electron chi connectivity index (χ0n) is 15.7. The SMILES string of the molecule is COc1ccccc1NC(=O)CCNC[C@]1(O)CCCN2CCCC[C@@H]21. The molecule has 1 amide bonds. The topological polar surface area (TPSA) is 73.8 Å². The Hall–Kier alpha value is -1.63. The van der Waals surface area contributed by atoms with Crippen molar-refractivity contribution in [1.29, 1.82) is 0 Å². The molecule has 0 saturated carbocycles. The van der Waals surface area contributed by atoms with E-state index in [1.807, 2.05) is 24.3 Å². The van der Waals surface area contributed by atoms with Gasteiger partial charge in [-0.05, 0) is 50.9 Å². The van der Waals surface area contributed by atoms with Crippen LogP contribution in [-0.2, 0) is 4.79 Å². The second-order valence-corrected chi connectivity index (χ2v) is 7.43. The third-order valence-electron chi connectivity index (χ3n) is 5.63. The molecular weight excluding hydrogens is 330 g/mol. The number of carbonyl (C=O) groups excluding carboxylic acids is 1. The van der Waals surface area contributed by atoms with Crippen LogP contribution in [0.5, 0.6) is 5.75 Å². The van der Waals surface area contributed by atoms with Gasteiger partial charge in [0.05, 0.1) is 18.4 Å². The Labute approximate surface area is 155 Å². The van der Waals surface area contributed by atoms with Crippen molar-refractivity contribution < 1.29 is 14.6 Å². The van der Waals surface area contributed by atoms with E-state index < -0.39 is 5.60 Å². The average Bonchev–Trinajstić information content (AvgIpc) is 2.66. The van der Waals surface area contributed by atoms with Gasteiger partial charge in [-0.15, -0.1) is 0 Å². The van der Waals surface area contributed by atoms with Crippen LogP contribution in [0.3, 0.4) is 0 Å². The lowest BCUT2D eigenvalue weighted by molar-refractivity contribution is -0.116. The van der Waals surface area contributed by atoms with Gasteiger partial charge in [0, 0.05) is 25.6 Å². The average molecular weight is 361 g/mol. The number of piperidine rings is 2. The zero-order chi connectivity index (χ0) is 18.4. The van der Waals surface area contributed by atoms with Crippen molar-refractivity contribution >= 4 is 11.6 Å². The summed E-state index contributed by atoms with van der Waals surface area (Å²) in [7, 11) is 1.59. The number of hydrogen-bond donors (Lipinski definition) is 3. The molecule has 144 valence electrons. The minimum Gasteiger partial charge on any atom is -0.495 e. The molecule has 6 heteroatoms. The van der Waals surface area contributed by atoms with Crippen LogP contribution in [0.2, 0.25) is 0 Å². The van der Waals surface area contributed by atoms with Crippen LogP contribution in [0, 0.1) is 0 Å². The van der Waals surface area contributed by atoms with Crippen LogP contribution in [0.1, 0.15) is 38.5 Å². The normalized spacial score (nSPS) is 26.2. The van der Waals surface area contributed by atoms with Crippen molar-refractivity contribution in [3.63, 3.8) is 0 Å². The van der Waals surface area contributed by atoms with E-state index in [4.69, 9.17) is 4.74 Å². The molecular formula is C20H31N3O3. The molecule has 0 unspecified atom stereocenters. The quantitative estimate of drug-likeness (QED) is 0.648. The zero-order valence-corrected chi connectivity index (χ0v) is 15.7. The number of ether oxygens (including phenoxy) is 1. The maximum absolute atomic E-state index is 12.2. The molecule has 2 fully saturated rings. The Morgan fingerprint density at radius 3 is 2.96 bits per heavy atom. The number of carbonyl (C=O) groups is 1. The molecule has 26 heavy (non-hydrogen) atoms. The maximum atomic E-state index is 12.2. The lowest BCUT2D eigenvalue weighted by Crippen LogP contribution is -2.62. The first-order valence-corrected chi connectivity index (χ1v) is 9.72. The number of benzene rings is 1. The fourth-order valence-corrected chi connectivity index (χ4v) is 4.30. The maximum Gasteiger partial charge on any atom is 0.225 e. The number of para-hydroxylation sites is 2. The Morgan fingerprint density at radius 1 is 1.31 bits per heavy atom. The van der Waals surface area contributed by atoms with Crippen molar-refractivity contribution in [2.24, 2.45) is 0 Å². The Morgan fingerprint density at radius 2 is 2.12 bits per heavy atom. The summed E-state index contributed by atoms with van der Waals surface area (Å²) in [6.07, 6.45) is 5.76. The number of nitrogens with one attached hydrogen (secondary N) is 2. The Bertz CT molecular complexity index is 608. The Kier molecular flexibility index (Phi) is 6.51. The van der Waals surface area contributed by atoms with Gasteiger partial charge in [-0.2, -0.15) is 0 Å². The lowest BCUT2D eigenvalue weighted by atomic mass is 9.79. The number of rotatable bonds is 7. The predicted octanol–water partition coefficient (Wildman–Crippen LogP) is 1.99. The first kappa shape index (κ1) is 19.1. The van der Waals surface area contributed by atoms with E-state index in [1.54, 1.807) is 7.11 Å². The molecule has 6 nitrogen and oxygen atoms in total. The summed E-state index contributed by atoms with van der Waals surface area (Å²) < 4.78 is 5.25. The number of nitrogens with zero attached hydrogens (tertiary/aromatic N) is 1. The molecule has 1 aromatic rings. The summed E-state index contributed by atoms with van der Waals surface area (Å²) >= 11 is 0. The van der Waals surface area contributed by atoms with Gasteiger partial charge < -0.3 is 20.5 Å². The van der Waals surface area contributed by atoms with Crippen molar-refractivity contribution in [2.45, 2.75) is 50.2 Å². The standard InChI is InChI=1S/C20H31N3O3/c1-26-17-8-3-2-7-16(17)22-19(24)10-12-21-15-20(25)11-6-14-23-13-5-4-9-18(20)23/h2-3,7-8,18,21,25H,4-6,9-15H2,1H3,(H,22,24)/t18-,20-/m1/s1. The number of fused-ring (bicyclic) bond motifs is 1. The highest BCUT2D eigenvalue weighted by Crippen LogP contribution is 2.33. The van der Waals surface area contributed by atoms with Crippen molar-refractivity contribution in [2.75, 3.05) is 38.6 Å². The predicted molar refractivity (Wildman–Crippen MR) is 103 cm³/mol. The second kappa shape index (κ2) is 8.84. The molecule has 2 aliphatic heterocycles. The summed E-state index contributed by atoms with van der Waals surface area (Å²) in [6.45, 7) is 3.31. The van der Waals surface area contributed by atoms with E-state index in [2.05, 4.69) is 15.5 Å². The van der Waals surface area contributed by atoms with Gasteiger partial charge in [0.25, 0.3) is 0 Å². The van der Waals surface area contributed by atoms with Crippen LogP contribution < -0.4 is 15.4 Å². The van der Waals surface area contributed by atoms with Crippen LogP contribution in [0.25, 0.3) is 0 Å². The summed E-state index contributed by atoms with van der Waals surface area (Å²) in [6, 6.07) is 7.65. The van der Waals surface area contributed by atoms with Crippen molar-refractivity contribution in [3.8, 4) is 5.75 Å². The summed E-state index contributed by atoms with van der Waals surface area (Å²) in [5.41, 5.74) is 0.0152. The van der Waals surface area contributed by atoms with Gasteiger partial charge >= 0.3 is 0 Å². The molecule has 0 aliphatic carbocycles. The summed E-state index contributed by atoms with van der Waals surface area (Å²) in [5.74, 6) is 0.597. The van der Waals surface area contributed by atoms with Crippen LogP contribution in [0.15, 0.2) is 24.3 Å². The van der Waals surface area contributed by atoms with Gasteiger partial charge in [0.2, 0.25) is 5.91 Å². The minimum absolute atomic E-state index is 0.0584. The second-order valence-electron chi connectivity index (χ2n) is 7.43. The summed E-state index contributed by atoms with van der Waals surface area (Å²) in [4.78, 5) is 14.6. The van der Waals surface area contributed by atoms with Crippen molar-refractivity contribution in [3.05, 3.63) is 24.3 Å². The highest BCUT2D eigenvalue weighted by molar-refractivity contribution is 5.92. The molecule has 2 atom stereocenters. The third kappa shape index (κ3) is 4.55. The molecule has 2 heterocycles. The largest absolute Gasteiger partial charge is 0.495 e. The molecule has 1 aromatic carbocycles. The van der Waals surface area contributed by atoms with E-state index in [0.717, 1.165) is 32.4 Å². The third-order valence-corrected chi connectivity index (χ3v) is 5.63. The molecule has 3 rings (SSSR count). The van der Waals surface area contributed by atoms with E-state index in [9.17, 15) is 9.90 Å². The van der Waals surface area contributed by atoms with Gasteiger partial charge in [0.15, 0.2) is 0 Å². The minimum atomic E-state index is -0.669. The number of hydrogen-bond acceptors (Lipinski definition) is 5. The monoisotopic (exact) mass is 361 g/mol. The van der Waals surface area contributed by atoms with Crippen LogP contribution in [-0.4, -0.2) is 60.8 Å². The number of aliphatic hydroxyl groups is 1. The van der Waals surface area contributed by atoms with Crippen LogP contribution in [0.4, 0.5) is 5.69 Å². The Balaban J connectivity index is 1.44. The molecule has 2 saturated heterocycles. The number of methoxy groups -OCH3 is 1. The first-order chi connectivity index (χ1) is 12.6. The van der Waals surface area contributed by atoms with E-state index in [0.29, 0.717) is 30.9 Å². The van der Waals surface area contributed by atoms with Crippen LogP contribution >= 0.6 is 0 Å². The van der Waals surface area contributed by atoms with Crippen molar-refractivity contribution in [1.82, 2.24) is 10.2 Å². The highest BCUT2D eigenvalue weighted by atomic mass is 16.5. The highest BCUT2D eigenvalue weighted by Gasteiger charge is 2.43. The van der Waals surface area contributed by atoms with Gasteiger partial charge in [0.1, 0.15) is 5.75 Å². The fourth-order valence-electron chi connectivity index (χ4n) is 4.30. The summed E-state index contributed by atoms with van der Waals surface area (Å²) in [5, 5.41) is 17.3. The molecule has 0 radical (unpaired) electrons. The van der Waals surface area contributed by atoms with Gasteiger partial charge in [-0.1, -0.05) is 18.6 Å². The molecule has 0 spiro atoms. The van der Waals surface area contributed by atoms with Gasteiger partial charge in [-0.3, -0.25) is 9.69 Å². The smallest absolute Gasteiger partial charge is 0.225 e. The van der Waals surface area contributed by atoms with E-state index >= 15 is 0 Å². The lowest BCUT2D eigenvalue weighted by Gasteiger charge is -2.49. The molecule has 3 N–H and O–H groups in total.